The summed E-state index contributed by atoms with van der Waals surface area (Å²) in [5.74, 6) is -0.506. The molecule has 0 radical (unpaired) electrons. The molecule has 46 heavy (non-hydrogen) atoms. The minimum atomic E-state index is -0.704. The van der Waals surface area contributed by atoms with Crippen LogP contribution in [0.1, 0.15) is 69.8 Å². The minimum Gasteiger partial charge on any atom is -0.344 e. The molecule has 12 heteroatoms. The van der Waals surface area contributed by atoms with E-state index in [1.54, 1.807) is 11.1 Å². The Balaban J connectivity index is 1.28. The van der Waals surface area contributed by atoms with Crippen LogP contribution >= 0.6 is 0 Å². The molecule has 238 valence electrons. The van der Waals surface area contributed by atoms with Gasteiger partial charge in [0.05, 0.1) is 46.3 Å². The van der Waals surface area contributed by atoms with Crippen molar-refractivity contribution in [1.29, 1.82) is 0 Å². The van der Waals surface area contributed by atoms with Gasteiger partial charge in [0, 0.05) is 43.8 Å². The molecule has 1 aromatic carbocycles. The van der Waals surface area contributed by atoms with Crippen LogP contribution in [0.5, 0.6) is 0 Å². The minimum absolute atomic E-state index is 0.0481. The summed E-state index contributed by atoms with van der Waals surface area (Å²) in [7, 11) is 1.98. The lowest BCUT2D eigenvalue weighted by atomic mass is 9.97. The van der Waals surface area contributed by atoms with E-state index in [4.69, 9.17) is 15.7 Å². The average Bonchev–Trinajstić information content (AvgIpc) is 3.56. The number of hydrogen-bond acceptors (Lipinski definition) is 6. The fraction of sp³-hybridized carbons (Fsp3) is 0.382. The first kappa shape index (κ1) is 30.0. The molecule has 2 aliphatic heterocycles. The zero-order valence-corrected chi connectivity index (χ0v) is 25.9. The van der Waals surface area contributed by atoms with Crippen LogP contribution in [0.4, 0.5) is 8.78 Å². The fourth-order valence-corrected chi connectivity index (χ4v) is 6.77. The van der Waals surface area contributed by atoms with Gasteiger partial charge >= 0.3 is 0 Å². The number of rotatable bonds is 4. The van der Waals surface area contributed by atoms with Crippen molar-refractivity contribution in [3.63, 3.8) is 0 Å². The van der Waals surface area contributed by atoms with Crippen molar-refractivity contribution >= 4 is 33.9 Å². The van der Waals surface area contributed by atoms with Crippen LogP contribution in [-0.4, -0.2) is 66.6 Å². The summed E-state index contributed by atoms with van der Waals surface area (Å²) in [5, 5.41) is 3.87. The number of benzene rings is 1. The van der Waals surface area contributed by atoms with Gasteiger partial charge in [-0.1, -0.05) is 6.42 Å². The lowest BCUT2D eigenvalue weighted by Crippen LogP contribution is -2.45. The predicted octanol–water partition coefficient (Wildman–Crippen LogP) is 4.64. The molecule has 2 atom stereocenters. The van der Waals surface area contributed by atoms with Crippen LogP contribution in [0.25, 0.3) is 33.6 Å². The number of carbonyl (C=O) groups is 2. The molecule has 0 spiro atoms. The molecule has 5 aromatic rings. The Morgan fingerprint density at radius 1 is 1.04 bits per heavy atom. The lowest BCUT2D eigenvalue weighted by Gasteiger charge is -2.30. The normalized spacial score (nSPS) is 18.0. The molecular weight excluding hydrogens is 590 g/mol. The summed E-state index contributed by atoms with van der Waals surface area (Å²) in [6.45, 7) is 2.52. The van der Waals surface area contributed by atoms with Crippen molar-refractivity contribution in [1.82, 2.24) is 34.3 Å². The van der Waals surface area contributed by atoms with Crippen molar-refractivity contribution in [2.24, 2.45) is 12.8 Å². The van der Waals surface area contributed by atoms with Crippen molar-refractivity contribution in [3.05, 3.63) is 76.5 Å². The van der Waals surface area contributed by atoms with E-state index in [-0.39, 0.29) is 18.0 Å². The number of halogens is 2. The van der Waals surface area contributed by atoms with Crippen molar-refractivity contribution in [2.75, 3.05) is 19.8 Å². The summed E-state index contributed by atoms with van der Waals surface area (Å²) in [4.78, 5) is 42.2. The third-order valence-electron chi connectivity index (χ3n) is 9.25. The molecule has 2 bridgehead atoms. The van der Waals surface area contributed by atoms with Crippen molar-refractivity contribution in [2.45, 2.75) is 57.7 Å². The third kappa shape index (κ3) is 5.20. The molecule has 2 aliphatic rings. The molecule has 0 saturated carbocycles. The van der Waals surface area contributed by atoms with E-state index >= 15 is 0 Å². The molecule has 0 fully saturated rings. The highest BCUT2D eigenvalue weighted by Crippen LogP contribution is 2.33. The molecule has 4 aromatic heterocycles. The summed E-state index contributed by atoms with van der Waals surface area (Å²) in [5.41, 5.74) is 11.9. The van der Waals surface area contributed by atoms with Crippen molar-refractivity contribution < 1.29 is 18.4 Å². The first-order valence-electron chi connectivity index (χ1n) is 15.8. The Morgan fingerprint density at radius 3 is 2.72 bits per heavy atom. The molecule has 6 heterocycles. The van der Waals surface area contributed by atoms with E-state index < -0.39 is 30.5 Å². The molecule has 0 unspecified atom stereocenters. The van der Waals surface area contributed by atoms with Gasteiger partial charge in [-0.2, -0.15) is 0 Å². The number of nitrogens with zero attached hydrogens (tertiary/aromatic N) is 6. The number of imidazole rings is 1. The van der Waals surface area contributed by atoms with Gasteiger partial charge in [-0.05, 0) is 74.1 Å². The van der Waals surface area contributed by atoms with Crippen LogP contribution in [-0.2, 0) is 26.4 Å². The van der Waals surface area contributed by atoms with Crippen LogP contribution in [0.3, 0.4) is 0 Å². The van der Waals surface area contributed by atoms with E-state index in [0.29, 0.717) is 48.3 Å². The highest BCUT2D eigenvalue weighted by molar-refractivity contribution is 6.01. The van der Waals surface area contributed by atoms with Gasteiger partial charge in [0.25, 0.3) is 11.8 Å². The van der Waals surface area contributed by atoms with Gasteiger partial charge in [-0.3, -0.25) is 14.6 Å². The number of aromatic nitrogens is 5. The average molecular weight is 627 g/mol. The SMILES string of the molecule is C[C@H]1NC(=O)c2c(F)cncc2CCCCCn2c(-c3nc4cc5c(cc4n3C)CCN(C[C@H](N)CF)C5=O)cc3ccc1nc32. The van der Waals surface area contributed by atoms with Crippen LogP contribution < -0.4 is 11.1 Å². The molecule has 2 amide bonds. The van der Waals surface area contributed by atoms with Gasteiger partial charge in [0.1, 0.15) is 12.3 Å². The largest absolute Gasteiger partial charge is 0.344 e. The van der Waals surface area contributed by atoms with Crippen molar-refractivity contribution in [3.8, 4) is 11.5 Å². The maximum Gasteiger partial charge on any atom is 0.255 e. The van der Waals surface area contributed by atoms with Gasteiger partial charge in [0.2, 0.25) is 0 Å². The van der Waals surface area contributed by atoms with Crippen LogP contribution in [0.15, 0.2) is 42.7 Å². The first-order valence-corrected chi connectivity index (χ1v) is 15.8. The quantitative estimate of drug-likeness (QED) is 0.300. The number of hydrogen-bond donors (Lipinski definition) is 2. The number of amides is 2. The number of carbonyl (C=O) groups excluding carboxylic acids is 2. The summed E-state index contributed by atoms with van der Waals surface area (Å²) in [6.07, 6.45) is 6.33. The number of aryl methyl sites for hydroxylation is 3. The second-order valence-electron chi connectivity index (χ2n) is 12.4. The molecule has 0 saturated heterocycles. The lowest BCUT2D eigenvalue weighted by molar-refractivity contribution is 0.0724. The smallest absolute Gasteiger partial charge is 0.255 e. The Morgan fingerprint density at radius 2 is 1.89 bits per heavy atom. The van der Waals surface area contributed by atoms with Gasteiger partial charge in [-0.25, -0.2) is 18.7 Å². The second-order valence-corrected chi connectivity index (χ2v) is 12.4. The Kier molecular flexibility index (Phi) is 7.75. The van der Waals surface area contributed by atoms with E-state index in [0.717, 1.165) is 59.1 Å². The standard InChI is InChI=1S/C34H36F2N8O2/c1-19-26-8-7-21-13-29(44(31(21)40-26)10-5-3-4-6-22-16-38-17-25(36)30(22)33(45)39-19)32-41-27-14-24-20(12-28(27)42(32)2)9-11-43(34(24)46)18-23(37)15-35/h7-8,12-14,16-17,19,23H,3-6,9-11,15,18,37H2,1-2H3,(H,39,45)/t19-,23-/m1/s1. The molecular formula is C34H36F2N8O2. The molecule has 7 rings (SSSR count). The summed E-state index contributed by atoms with van der Waals surface area (Å²) in [6, 6.07) is 8.65. The Labute approximate surface area is 264 Å². The number of alkyl halides is 1. The number of fused-ring (bicyclic) bond motifs is 4. The van der Waals surface area contributed by atoms with Crippen LogP contribution in [0, 0.1) is 5.82 Å². The topological polar surface area (TPSA) is 124 Å². The maximum atomic E-state index is 14.8. The molecule has 3 N–H and O–H groups in total. The monoisotopic (exact) mass is 626 g/mol. The van der Waals surface area contributed by atoms with E-state index in [1.165, 1.54) is 0 Å². The first-order chi connectivity index (χ1) is 22.2. The Hall–Kier alpha value is -4.71. The van der Waals surface area contributed by atoms with Crippen LogP contribution in [0.2, 0.25) is 0 Å². The zero-order chi connectivity index (χ0) is 32.1. The molecule has 10 nitrogen and oxygen atoms in total. The number of pyridine rings is 2. The number of nitrogens with two attached hydrogens (primary N) is 1. The predicted molar refractivity (Wildman–Crippen MR) is 171 cm³/mol. The maximum absolute atomic E-state index is 14.8. The fourth-order valence-electron chi connectivity index (χ4n) is 6.77. The zero-order valence-electron chi connectivity index (χ0n) is 25.9. The summed E-state index contributed by atoms with van der Waals surface area (Å²) < 4.78 is 32.1. The third-order valence-corrected chi connectivity index (χ3v) is 9.25. The summed E-state index contributed by atoms with van der Waals surface area (Å²) >= 11 is 0. The van der Waals surface area contributed by atoms with E-state index in [2.05, 4.69) is 25.5 Å². The van der Waals surface area contributed by atoms with Gasteiger partial charge < -0.3 is 25.1 Å². The number of nitrogens with one attached hydrogen (secondary N) is 1. The van der Waals surface area contributed by atoms with E-state index in [1.807, 2.05) is 38.2 Å². The second kappa shape index (κ2) is 11.9. The highest BCUT2D eigenvalue weighted by Gasteiger charge is 2.28. The van der Waals surface area contributed by atoms with E-state index in [9.17, 15) is 18.4 Å². The highest BCUT2D eigenvalue weighted by atomic mass is 19.1. The van der Waals surface area contributed by atoms with Gasteiger partial charge in [0.15, 0.2) is 11.6 Å². The Bertz CT molecular complexity index is 2000. The van der Waals surface area contributed by atoms with Gasteiger partial charge in [-0.15, -0.1) is 0 Å². The molecule has 0 aliphatic carbocycles.